The smallest absolute Gasteiger partial charge is 0.251 e. The molecule has 0 spiro atoms. The highest BCUT2D eigenvalue weighted by Crippen LogP contribution is 2.29. The van der Waals surface area contributed by atoms with Gasteiger partial charge in [0.25, 0.3) is 5.91 Å². The van der Waals surface area contributed by atoms with Crippen LogP contribution in [-0.2, 0) is 9.59 Å². The minimum atomic E-state index is -0.297. The molecule has 7 nitrogen and oxygen atoms in total. The van der Waals surface area contributed by atoms with E-state index in [2.05, 4.69) is 15.6 Å². The van der Waals surface area contributed by atoms with Crippen LogP contribution in [-0.4, -0.2) is 35.3 Å². The Bertz CT molecular complexity index is 1250. The molecule has 1 aliphatic heterocycles. The van der Waals surface area contributed by atoms with Gasteiger partial charge in [0.15, 0.2) is 0 Å². The van der Waals surface area contributed by atoms with Gasteiger partial charge >= 0.3 is 0 Å². The third-order valence-electron chi connectivity index (χ3n) is 7.08. The summed E-state index contributed by atoms with van der Waals surface area (Å²) in [6, 6.07) is 12.6. The molecule has 2 fully saturated rings. The van der Waals surface area contributed by atoms with Gasteiger partial charge in [0.05, 0.1) is 10.9 Å². The van der Waals surface area contributed by atoms with E-state index in [0.29, 0.717) is 22.7 Å². The Hall–Kier alpha value is -3.32. The van der Waals surface area contributed by atoms with Gasteiger partial charge < -0.3 is 20.5 Å². The summed E-state index contributed by atoms with van der Waals surface area (Å²) in [6.45, 7) is 0.734. The number of fused-ring (bicyclic) bond motifs is 1. The summed E-state index contributed by atoms with van der Waals surface area (Å²) in [5.41, 5.74) is 2.88. The topological polar surface area (TPSA) is 94.3 Å². The Morgan fingerprint density at radius 2 is 1.83 bits per heavy atom. The highest BCUT2D eigenvalue weighted by Gasteiger charge is 2.34. The molecule has 2 aromatic carbocycles. The monoisotopic (exact) mass is 492 g/mol. The molecule has 1 aromatic heterocycles. The lowest BCUT2D eigenvalue weighted by molar-refractivity contribution is -0.120. The van der Waals surface area contributed by atoms with Crippen LogP contribution in [0.25, 0.3) is 10.9 Å². The number of nitrogens with one attached hydrogen (secondary N) is 3. The third-order valence-corrected chi connectivity index (χ3v) is 7.40. The van der Waals surface area contributed by atoms with Crippen molar-refractivity contribution in [3.63, 3.8) is 0 Å². The van der Waals surface area contributed by atoms with Gasteiger partial charge in [0.2, 0.25) is 11.8 Å². The lowest BCUT2D eigenvalue weighted by atomic mass is 10.0. The normalized spacial score (nSPS) is 20.6. The summed E-state index contributed by atoms with van der Waals surface area (Å²) < 4.78 is 0. The first kappa shape index (κ1) is 23.4. The summed E-state index contributed by atoms with van der Waals surface area (Å²) in [4.78, 5) is 43.2. The second kappa shape index (κ2) is 10.1. The number of nitrogens with zero attached hydrogens (tertiary/aromatic N) is 1. The van der Waals surface area contributed by atoms with E-state index in [0.717, 1.165) is 61.7 Å². The average molecular weight is 493 g/mol. The number of aromatic amines is 1. The Labute approximate surface area is 209 Å². The number of amides is 3. The molecule has 3 aromatic rings. The fraction of sp³-hybridized carbons (Fsp3) is 0.370. The van der Waals surface area contributed by atoms with Crippen LogP contribution in [0, 0.1) is 5.92 Å². The molecule has 0 unspecified atom stereocenters. The zero-order valence-electron chi connectivity index (χ0n) is 19.5. The van der Waals surface area contributed by atoms with Crippen molar-refractivity contribution in [1.82, 2.24) is 10.3 Å². The molecule has 3 amide bonds. The lowest BCUT2D eigenvalue weighted by Crippen LogP contribution is -2.42. The first-order valence-corrected chi connectivity index (χ1v) is 12.7. The number of anilines is 2. The van der Waals surface area contributed by atoms with Crippen molar-refractivity contribution in [3.05, 3.63) is 59.2 Å². The molecule has 1 saturated carbocycles. The van der Waals surface area contributed by atoms with Gasteiger partial charge in [0, 0.05) is 53.0 Å². The second-order valence-corrected chi connectivity index (χ2v) is 9.81. The van der Waals surface area contributed by atoms with Crippen LogP contribution in [0.4, 0.5) is 11.4 Å². The largest absolute Gasteiger partial charge is 0.360 e. The molecule has 35 heavy (non-hydrogen) atoms. The van der Waals surface area contributed by atoms with E-state index >= 15 is 0 Å². The van der Waals surface area contributed by atoms with Crippen molar-refractivity contribution in [2.45, 2.75) is 51.0 Å². The molecule has 3 N–H and O–H groups in total. The van der Waals surface area contributed by atoms with E-state index in [1.165, 1.54) is 0 Å². The van der Waals surface area contributed by atoms with Crippen LogP contribution in [0.2, 0.25) is 5.02 Å². The van der Waals surface area contributed by atoms with Crippen molar-refractivity contribution in [1.29, 1.82) is 0 Å². The number of aromatic nitrogens is 1. The number of benzene rings is 2. The highest BCUT2D eigenvalue weighted by atomic mass is 35.5. The van der Waals surface area contributed by atoms with E-state index in [1.807, 2.05) is 35.2 Å². The molecule has 5 rings (SSSR count). The number of hydrogen-bond donors (Lipinski definition) is 3. The van der Waals surface area contributed by atoms with E-state index in [9.17, 15) is 14.4 Å². The summed E-state index contributed by atoms with van der Waals surface area (Å²) in [5, 5.41) is 7.53. The van der Waals surface area contributed by atoms with Crippen molar-refractivity contribution in [2.75, 3.05) is 16.8 Å². The van der Waals surface area contributed by atoms with Crippen molar-refractivity contribution >= 4 is 51.6 Å². The summed E-state index contributed by atoms with van der Waals surface area (Å²) in [6.07, 6.45) is 7.67. The molecule has 0 bridgehead atoms. The van der Waals surface area contributed by atoms with Gasteiger partial charge in [0.1, 0.15) is 0 Å². The molecule has 1 saturated heterocycles. The second-order valence-electron chi connectivity index (χ2n) is 9.41. The van der Waals surface area contributed by atoms with Crippen LogP contribution in [0.15, 0.2) is 48.7 Å². The number of rotatable bonds is 5. The molecule has 2 aliphatic rings. The van der Waals surface area contributed by atoms with Gasteiger partial charge in [-0.3, -0.25) is 14.4 Å². The van der Waals surface area contributed by atoms with Gasteiger partial charge in [-0.15, -0.1) is 0 Å². The van der Waals surface area contributed by atoms with Gasteiger partial charge in [-0.25, -0.2) is 0 Å². The quantitative estimate of drug-likeness (QED) is 0.453. The molecule has 1 aliphatic carbocycles. The lowest BCUT2D eigenvalue weighted by Gasteiger charge is -2.22. The molecule has 0 radical (unpaired) electrons. The number of hydrogen-bond acceptors (Lipinski definition) is 3. The van der Waals surface area contributed by atoms with Crippen molar-refractivity contribution in [2.24, 2.45) is 5.92 Å². The maximum Gasteiger partial charge on any atom is 0.251 e. The maximum atomic E-state index is 13.1. The SMILES string of the molecule is O=C(N[C@@H]1CCC[C@@H]1C(=O)Nc1ccc(N2CCCCCC2=O)cc1)c1ccc2c(Cl)c[nH]c2c1. The number of H-pyrrole nitrogens is 1. The minimum absolute atomic E-state index is 0.0991. The molecule has 2 atom stereocenters. The Morgan fingerprint density at radius 3 is 2.66 bits per heavy atom. The Balaban J connectivity index is 1.21. The zero-order valence-corrected chi connectivity index (χ0v) is 20.2. The van der Waals surface area contributed by atoms with Crippen LogP contribution in [0.1, 0.15) is 55.3 Å². The van der Waals surface area contributed by atoms with E-state index in [-0.39, 0.29) is 29.7 Å². The van der Waals surface area contributed by atoms with Crippen LogP contribution in [0.3, 0.4) is 0 Å². The minimum Gasteiger partial charge on any atom is -0.360 e. The van der Waals surface area contributed by atoms with Crippen LogP contribution < -0.4 is 15.5 Å². The van der Waals surface area contributed by atoms with Crippen molar-refractivity contribution in [3.8, 4) is 0 Å². The number of halogens is 1. The molecule has 8 heteroatoms. The highest BCUT2D eigenvalue weighted by molar-refractivity contribution is 6.35. The van der Waals surface area contributed by atoms with Gasteiger partial charge in [-0.05, 0) is 62.1 Å². The first-order chi connectivity index (χ1) is 17.0. The average Bonchev–Trinajstić information content (AvgIpc) is 3.41. The number of carbonyl (C=O) groups excluding carboxylic acids is 3. The summed E-state index contributed by atoms with van der Waals surface area (Å²) in [5.74, 6) is -0.441. The van der Waals surface area contributed by atoms with Gasteiger partial charge in [-0.2, -0.15) is 0 Å². The molecular formula is C27H29ClN4O3. The van der Waals surface area contributed by atoms with E-state index in [1.54, 1.807) is 18.3 Å². The Kier molecular flexibility index (Phi) is 6.77. The van der Waals surface area contributed by atoms with Crippen LogP contribution >= 0.6 is 11.6 Å². The standard InChI is InChI=1S/C27H29ClN4O3/c28-22-16-29-24-15-17(8-13-20(22)24)26(34)31-23-6-4-5-21(23)27(35)30-18-9-11-19(12-10-18)32-14-3-1-2-7-25(32)33/h8-13,15-16,21,23,29H,1-7,14H2,(H,30,35)(H,31,34)/t21-,23+/m0/s1. The number of carbonyl (C=O) groups is 3. The zero-order chi connectivity index (χ0) is 24.4. The van der Waals surface area contributed by atoms with E-state index < -0.39 is 0 Å². The van der Waals surface area contributed by atoms with Gasteiger partial charge in [-0.1, -0.05) is 30.5 Å². The maximum absolute atomic E-state index is 13.1. The molecule has 182 valence electrons. The van der Waals surface area contributed by atoms with Crippen molar-refractivity contribution < 1.29 is 14.4 Å². The predicted molar refractivity (Wildman–Crippen MR) is 138 cm³/mol. The summed E-state index contributed by atoms with van der Waals surface area (Å²) in [7, 11) is 0. The first-order valence-electron chi connectivity index (χ1n) is 12.3. The fourth-order valence-electron chi connectivity index (χ4n) is 5.15. The summed E-state index contributed by atoms with van der Waals surface area (Å²) >= 11 is 6.13. The molecular weight excluding hydrogens is 464 g/mol. The Morgan fingerprint density at radius 1 is 1.00 bits per heavy atom. The predicted octanol–water partition coefficient (Wildman–Crippen LogP) is 5.27. The molecule has 2 heterocycles. The van der Waals surface area contributed by atoms with E-state index in [4.69, 9.17) is 11.6 Å². The third kappa shape index (κ3) is 5.05. The fourth-order valence-corrected chi connectivity index (χ4v) is 5.37. The van der Waals surface area contributed by atoms with Crippen LogP contribution in [0.5, 0.6) is 0 Å².